The van der Waals surface area contributed by atoms with Gasteiger partial charge in [0.2, 0.25) is 0 Å². The van der Waals surface area contributed by atoms with E-state index in [1.807, 2.05) is 6.92 Å². The molecule has 1 aromatic rings. The van der Waals surface area contributed by atoms with Crippen molar-refractivity contribution in [1.82, 2.24) is 0 Å². The maximum Gasteiger partial charge on any atom is 0.123 e. The number of hydrogen-bond acceptors (Lipinski definition) is 1. The predicted molar refractivity (Wildman–Crippen MR) is 47.7 cm³/mol. The summed E-state index contributed by atoms with van der Waals surface area (Å²) in [6, 6.07) is 5.26. The summed E-state index contributed by atoms with van der Waals surface area (Å²) in [5.41, 5.74) is 0.938. The van der Waals surface area contributed by atoms with Gasteiger partial charge in [-0.3, -0.25) is 0 Å². The molecule has 0 unspecified atom stereocenters. The molecule has 0 amide bonds. The highest BCUT2D eigenvalue weighted by atomic mass is 35.5. The molecule has 0 saturated heterocycles. The fourth-order valence-corrected chi connectivity index (χ4v) is 0.981. The van der Waals surface area contributed by atoms with Crippen molar-refractivity contribution in [2.75, 3.05) is 13.3 Å². The van der Waals surface area contributed by atoms with Crippen LogP contribution in [0.2, 0.25) is 5.02 Å². The van der Waals surface area contributed by atoms with Gasteiger partial charge >= 0.3 is 0 Å². The molecule has 0 fully saturated rings. The van der Waals surface area contributed by atoms with Crippen LogP contribution in [-0.2, 0) is 0 Å². The Morgan fingerprint density at radius 3 is 2.83 bits per heavy atom. The maximum absolute atomic E-state index is 11.7. The minimum atomic E-state index is -0.471. The van der Waals surface area contributed by atoms with Crippen LogP contribution in [0.4, 0.5) is 4.39 Å². The van der Waals surface area contributed by atoms with Crippen LogP contribution in [0.1, 0.15) is 5.56 Å². The summed E-state index contributed by atoms with van der Waals surface area (Å²) in [7, 11) is 0. The lowest BCUT2D eigenvalue weighted by atomic mass is 10.2. The molecule has 1 aromatic carbocycles. The van der Waals surface area contributed by atoms with Crippen molar-refractivity contribution in [3.8, 4) is 5.75 Å². The van der Waals surface area contributed by atoms with E-state index in [2.05, 4.69) is 0 Å². The molecule has 0 spiro atoms. The van der Waals surface area contributed by atoms with Crippen LogP contribution in [-0.4, -0.2) is 13.3 Å². The molecule has 0 aliphatic heterocycles. The van der Waals surface area contributed by atoms with E-state index >= 15 is 0 Å². The molecule has 0 saturated carbocycles. The third-order valence-corrected chi connectivity index (χ3v) is 1.90. The van der Waals surface area contributed by atoms with E-state index < -0.39 is 6.67 Å². The highest BCUT2D eigenvalue weighted by Gasteiger charge is 1.97. The minimum absolute atomic E-state index is 0.0983. The summed E-state index contributed by atoms with van der Waals surface area (Å²) in [6.07, 6.45) is 0. The number of benzene rings is 1. The van der Waals surface area contributed by atoms with Crippen molar-refractivity contribution in [2.45, 2.75) is 6.92 Å². The molecule has 0 N–H and O–H groups in total. The lowest BCUT2D eigenvalue weighted by Crippen LogP contribution is -1.98. The fraction of sp³-hybridized carbons (Fsp3) is 0.333. The first kappa shape index (κ1) is 9.33. The lowest BCUT2D eigenvalue weighted by Gasteiger charge is -2.04. The normalized spacial score (nSPS) is 9.92. The summed E-state index contributed by atoms with van der Waals surface area (Å²) in [6.45, 7) is 1.51. The van der Waals surface area contributed by atoms with Gasteiger partial charge in [0.1, 0.15) is 19.0 Å². The average molecular weight is 189 g/mol. The van der Waals surface area contributed by atoms with Gasteiger partial charge in [-0.15, -0.1) is 0 Å². The molecular weight excluding hydrogens is 179 g/mol. The lowest BCUT2D eigenvalue weighted by molar-refractivity contribution is 0.273. The molecule has 12 heavy (non-hydrogen) atoms. The largest absolute Gasteiger partial charge is 0.491 e. The number of halogens is 2. The molecule has 0 radical (unpaired) electrons. The zero-order valence-corrected chi connectivity index (χ0v) is 7.57. The van der Waals surface area contributed by atoms with Crippen molar-refractivity contribution in [1.29, 1.82) is 0 Å². The van der Waals surface area contributed by atoms with E-state index in [1.54, 1.807) is 18.2 Å². The van der Waals surface area contributed by atoms with Gasteiger partial charge in [0.25, 0.3) is 0 Å². The highest BCUT2D eigenvalue weighted by Crippen LogP contribution is 2.20. The molecule has 0 aliphatic carbocycles. The number of aryl methyl sites for hydroxylation is 1. The van der Waals surface area contributed by atoms with Crippen LogP contribution in [0.3, 0.4) is 0 Å². The number of hydrogen-bond donors (Lipinski definition) is 0. The van der Waals surface area contributed by atoms with E-state index in [4.69, 9.17) is 16.3 Å². The monoisotopic (exact) mass is 188 g/mol. The standard InChI is InChI=1S/C9H10ClFO/c1-7-6-8(12-5-4-11)2-3-9(7)10/h2-3,6H,4-5H2,1H3. The Bertz CT molecular complexity index is 263. The molecule has 66 valence electrons. The summed E-state index contributed by atoms with van der Waals surface area (Å²) in [4.78, 5) is 0. The Hall–Kier alpha value is -0.760. The average Bonchev–Trinajstić information content (AvgIpc) is 2.07. The Morgan fingerprint density at radius 2 is 2.25 bits per heavy atom. The smallest absolute Gasteiger partial charge is 0.123 e. The van der Waals surface area contributed by atoms with Crippen molar-refractivity contribution >= 4 is 11.6 Å². The number of ether oxygens (including phenoxy) is 1. The molecule has 0 aromatic heterocycles. The highest BCUT2D eigenvalue weighted by molar-refractivity contribution is 6.31. The van der Waals surface area contributed by atoms with Gasteiger partial charge < -0.3 is 4.74 Å². The summed E-state index contributed by atoms with van der Waals surface area (Å²) in [5, 5.41) is 0.697. The van der Waals surface area contributed by atoms with Gasteiger partial charge in [-0.1, -0.05) is 11.6 Å². The van der Waals surface area contributed by atoms with Crippen molar-refractivity contribution in [3.05, 3.63) is 28.8 Å². The molecule has 1 nitrogen and oxygen atoms in total. The third kappa shape index (κ3) is 2.38. The quantitative estimate of drug-likeness (QED) is 0.709. The second-order valence-corrected chi connectivity index (χ2v) is 2.86. The van der Waals surface area contributed by atoms with Crippen LogP contribution < -0.4 is 4.74 Å². The van der Waals surface area contributed by atoms with Crippen LogP contribution in [0, 0.1) is 6.92 Å². The number of alkyl halides is 1. The molecular formula is C9H10ClFO. The van der Waals surface area contributed by atoms with E-state index in [1.165, 1.54) is 0 Å². The first-order valence-corrected chi connectivity index (χ1v) is 4.07. The molecule has 0 bridgehead atoms. The van der Waals surface area contributed by atoms with Crippen molar-refractivity contribution in [2.24, 2.45) is 0 Å². The van der Waals surface area contributed by atoms with Crippen LogP contribution in [0.25, 0.3) is 0 Å². The fourth-order valence-electron chi connectivity index (χ4n) is 0.863. The van der Waals surface area contributed by atoms with Gasteiger partial charge in [-0.25, -0.2) is 4.39 Å². The molecule has 1 rings (SSSR count). The summed E-state index contributed by atoms with van der Waals surface area (Å²) < 4.78 is 16.8. The second kappa shape index (κ2) is 4.31. The first-order valence-electron chi connectivity index (χ1n) is 3.69. The van der Waals surface area contributed by atoms with E-state index in [9.17, 15) is 4.39 Å². The van der Waals surface area contributed by atoms with Crippen LogP contribution in [0.5, 0.6) is 5.75 Å². The van der Waals surface area contributed by atoms with Gasteiger partial charge in [-0.2, -0.15) is 0 Å². The van der Waals surface area contributed by atoms with Gasteiger partial charge in [0, 0.05) is 5.02 Å². The van der Waals surface area contributed by atoms with E-state index in [-0.39, 0.29) is 6.61 Å². The van der Waals surface area contributed by atoms with Crippen LogP contribution in [0.15, 0.2) is 18.2 Å². The van der Waals surface area contributed by atoms with E-state index in [0.29, 0.717) is 10.8 Å². The minimum Gasteiger partial charge on any atom is -0.491 e. The Balaban J connectivity index is 2.69. The topological polar surface area (TPSA) is 9.23 Å². The zero-order valence-electron chi connectivity index (χ0n) is 6.81. The van der Waals surface area contributed by atoms with Crippen molar-refractivity contribution < 1.29 is 9.13 Å². The van der Waals surface area contributed by atoms with Crippen LogP contribution >= 0.6 is 11.6 Å². The number of rotatable bonds is 3. The summed E-state index contributed by atoms with van der Waals surface area (Å²) in [5.74, 6) is 0.662. The Morgan fingerprint density at radius 1 is 1.50 bits per heavy atom. The zero-order chi connectivity index (χ0) is 8.97. The molecule has 0 atom stereocenters. The Kier molecular flexibility index (Phi) is 3.35. The van der Waals surface area contributed by atoms with E-state index in [0.717, 1.165) is 5.56 Å². The maximum atomic E-state index is 11.7. The second-order valence-electron chi connectivity index (χ2n) is 2.45. The Labute approximate surface area is 76.1 Å². The molecule has 0 heterocycles. The molecule has 3 heteroatoms. The third-order valence-electron chi connectivity index (χ3n) is 1.48. The van der Waals surface area contributed by atoms with Gasteiger partial charge in [0.05, 0.1) is 0 Å². The van der Waals surface area contributed by atoms with Gasteiger partial charge in [0.15, 0.2) is 0 Å². The predicted octanol–water partition coefficient (Wildman–Crippen LogP) is 3.00. The molecule has 0 aliphatic rings. The first-order chi connectivity index (χ1) is 5.74. The summed E-state index contributed by atoms with van der Waals surface area (Å²) >= 11 is 5.79. The van der Waals surface area contributed by atoms with Gasteiger partial charge in [-0.05, 0) is 30.7 Å². The SMILES string of the molecule is Cc1cc(OCCF)ccc1Cl. The van der Waals surface area contributed by atoms with Crippen molar-refractivity contribution in [3.63, 3.8) is 0 Å².